The molecule has 0 bridgehead atoms. The lowest BCUT2D eigenvalue weighted by atomic mass is 10.3. The maximum Gasteiger partial charge on any atom is 0.434 e. The minimum absolute atomic E-state index is 0.520. The van der Waals surface area contributed by atoms with Crippen LogP contribution in [0, 0.1) is 0 Å². The molecule has 0 aliphatic carbocycles. The van der Waals surface area contributed by atoms with Crippen LogP contribution in [0.2, 0.25) is 0 Å². The second-order valence-corrected chi connectivity index (χ2v) is 2.56. The molecule has 1 radical (unpaired) electrons. The maximum atomic E-state index is 11.0. The van der Waals surface area contributed by atoms with Gasteiger partial charge >= 0.3 is 6.09 Å². The van der Waals surface area contributed by atoms with E-state index in [0.29, 0.717) is 12.3 Å². The van der Waals surface area contributed by atoms with Crippen molar-refractivity contribution in [2.45, 2.75) is 13.3 Å². The molecule has 0 atom stereocenters. The number of rotatable bonds is 3. The Morgan fingerprint density at radius 3 is 2.69 bits per heavy atom. The third kappa shape index (κ3) is 3.60. The SMILES string of the molecule is CCC[N]C(=O)Oc1ccccc1. The van der Waals surface area contributed by atoms with Gasteiger partial charge < -0.3 is 4.74 Å². The van der Waals surface area contributed by atoms with Crippen molar-refractivity contribution in [3.05, 3.63) is 30.3 Å². The predicted molar refractivity (Wildman–Crippen MR) is 49.8 cm³/mol. The maximum absolute atomic E-state index is 11.0. The average molecular weight is 178 g/mol. The molecule has 1 aromatic carbocycles. The molecule has 0 unspecified atom stereocenters. The fraction of sp³-hybridized carbons (Fsp3) is 0.300. The fourth-order valence-electron chi connectivity index (χ4n) is 0.825. The van der Waals surface area contributed by atoms with Gasteiger partial charge in [0.15, 0.2) is 0 Å². The van der Waals surface area contributed by atoms with E-state index < -0.39 is 6.09 Å². The number of para-hydroxylation sites is 1. The summed E-state index contributed by atoms with van der Waals surface area (Å²) in [6, 6.07) is 8.92. The minimum atomic E-state index is -0.520. The highest BCUT2D eigenvalue weighted by Gasteiger charge is 2.02. The van der Waals surface area contributed by atoms with E-state index in [4.69, 9.17) is 4.74 Å². The van der Waals surface area contributed by atoms with E-state index in [1.807, 2.05) is 25.1 Å². The highest BCUT2D eigenvalue weighted by Crippen LogP contribution is 2.08. The van der Waals surface area contributed by atoms with Gasteiger partial charge in [0.1, 0.15) is 5.75 Å². The molecule has 1 rings (SSSR count). The molecule has 0 spiro atoms. The normalized spacial score (nSPS) is 9.31. The quantitative estimate of drug-likeness (QED) is 0.711. The third-order valence-corrected chi connectivity index (χ3v) is 1.41. The number of amides is 1. The molecule has 0 heterocycles. The molecule has 0 aliphatic heterocycles. The first-order valence-electron chi connectivity index (χ1n) is 4.27. The number of carbonyl (C=O) groups excluding carboxylic acids is 1. The zero-order valence-electron chi connectivity index (χ0n) is 7.56. The van der Waals surface area contributed by atoms with Gasteiger partial charge in [0.2, 0.25) is 0 Å². The van der Waals surface area contributed by atoms with Gasteiger partial charge in [0, 0.05) is 6.54 Å². The Kier molecular flexibility index (Phi) is 3.82. The Morgan fingerprint density at radius 1 is 1.38 bits per heavy atom. The van der Waals surface area contributed by atoms with Gasteiger partial charge in [-0.3, -0.25) is 0 Å². The largest absolute Gasteiger partial charge is 0.434 e. The lowest BCUT2D eigenvalue weighted by Gasteiger charge is -2.01. The number of hydrogen-bond acceptors (Lipinski definition) is 2. The van der Waals surface area contributed by atoms with Gasteiger partial charge in [0.05, 0.1) is 0 Å². The molecule has 0 fully saturated rings. The highest BCUT2D eigenvalue weighted by molar-refractivity contribution is 5.69. The van der Waals surface area contributed by atoms with Crippen molar-refractivity contribution in [2.24, 2.45) is 0 Å². The lowest BCUT2D eigenvalue weighted by molar-refractivity contribution is 0.199. The second kappa shape index (κ2) is 5.19. The summed E-state index contributed by atoms with van der Waals surface area (Å²) in [4.78, 5) is 11.0. The van der Waals surface area contributed by atoms with Crippen molar-refractivity contribution in [3.63, 3.8) is 0 Å². The van der Waals surface area contributed by atoms with Crippen LogP contribution in [0.4, 0.5) is 4.79 Å². The van der Waals surface area contributed by atoms with Gasteiger partial charge in [-0.05, 0) is 18.6 Å². The first-order chi connectivity index (χ1) is 6.33. The fourth-order valence-corrected chi connectivity index (χ4v) is 0.825. The molecule has 1 amide bonds. The van der Waals surface area contributed by atoms with E-state index in [2.05, 4.69) is 5.32 Å². The van der Waals surface area contributed by atoms with Crippen LogP contribution < -0.4 is 10.1 Å². The number of benzene rings is 1. The first-order valence-corrected chi connectivity index (χ1v) is 4.27. The monoisotopic (exact) mass is 178 g/mol. The van der Waals surface area contributed by atoms with Crippen LogP contribution in [0.5, 0.6) is 5.75 Å². The van der Waals surface area contributed by atoms with Crippen molar-refractivity contribution in [1.29, 1.82) is 0 Å². The molecule has 69 valence electrons. The predicted octanol–water partition coefficient (Wildman–Crippen LogP) is 2.20. The van der Waals surface area contributed by atoms with Gasteiger partial charge in [-0.25, -0.2) is 10.1 Å². The van der Waals surface area contributed by atoms with Crippen LogP contribution in [0.15, 0.2) is 30.3 Å². The molecular formula is C10H12NO2. The molecule has 0 saturated heterocycles. The first kappa shape index (κ1) is 9.58. The Bertz CT molecular complexity index is 259. The third-order valence-electron chi connectivity index (χ3n) is 1.41. The smallest absolute Gasteiger partial charge is 0.409 e. The molecule has 0 aromatic heterocycles. The summed E-state index contributed by atoms with van der Waals surface area (Å²) < 4.78 is 4.91. The van der Waals surface area contributed by atoms with Crippen molar-refractivity contribution in [2.75, 3.05) is 6.54 Å². The molecule has 3 heteroatoms. The molecule has 0 aliphatic rings. The van der Waals surface area contributed by atoms with Crippen LogP contribution in [-0.2, 0) is 0 Å². The highest BCUT2D eigenvalue weighted by atomic mass is 16.5. The summed E-state index contributed by atoms with van der Waals surface area (Å²) in [7, 11) is 0. The van der Waals surface area contributed by atoms with E-state index >= 15 is 0 Å². The number of hydrogen-bond donors (Lipinski definition) is 0. The standard InChI is InChI=1S/C10H12NO2/c1-2-8-11-10(12)13-9-6-4-3-5-7-9/h3-7H,2,8H2,1H3. The molecule has 0 N–H and O–H groups in total. The van der Waals surface area contributed by atoms with Crippen molar-refractivity contribution >= 4 is 6.09 Å². The lowest BCUT2D eigenvalue weighted by Crippen LogP contribution is -2.20. The molecule has 13 heavy (non-hydrogen) atoms. The molecule has 1 aromatic rings. The van der Waals surface area contributed by atoms with Crippen molar-refractivity contribution in [3.8, 4) is 5.75 Å². The van der Waals surface area contributed by atoms with Crippen LogP contribution in [0.25, 0.3) is 0 Å². The van der Waals surface area contributed by atoms with Gasteiger partial charge in [-0.2, -0.15) is 0 Å². The van der Waals surface area contributed by atoms with E-state index in [1.54, 1.807) is 12.1 Å². The summed E-state index contributed by atoms with van der Waals surface area (Å²) in [5, 5.41) is 3.68. The second-order valence-electron chi connectivity index (χ2n) is 2.56. The Hall–Kier alpha value is -1.51. The molecule has 3 nitrogen and oxygen atoms in total. The Morgan fingerprint density at radius 2 is 2.08 bits per heavy atom. The number of ether oxygens (including phenoxy) is 1. The van der Waals surface area contributed by atoms with E-state index in [1.165, 1.54) is 0 Å². The number of nitrogens with zero attached hydrogens (tertiary/aromatic N) is 1. The topological polar surface area (TPSA) is 40.4 Å². The summed E-state index contributed by atoms with van der Waals surface area (Å²) >= 11 is 0. The number of carbonyl (C=O) groups is 1. The summed E-state index contributed by atoms with van der Waals surface area (Å²) in [5.41, 5.74) is 0. The van der Waals surface area contributed by atoms with Gasteiger partial charge in [-0.15, -0.1) is 0 Å². The van der Waals surface area contributed by atoms with E-state index in [0.717, 1.165) is 6.42 Å². The van der Waals surface area contributed by atoms with E-state index in [9.17, 15) is 4.79 Å². The van der Waals surface area contributed by atoms with E-state index in [-0.39, 0.29) is 0 Å². The average Bonchev–Trinajstić information content (AvgIpc) is 2.16. The summed E-state index contributed by atoms with van der Waals surface area (Å²) in [5.74, 6) is 0.535. The molecular weight excluding hydrogens is 166 g/mol. The zero-order valence-corrected chi connectivity index (χ0v) is 7.56. The minimum Gasteiger partial charge on any atom is -0.409 e. The summed E-state index contributed by atoms with van der Waals surface area (Å²) in [6.07, 6.45) is 0.331. The molecule has 0 saturated carbocycles. The van der Waals surface area contributed by atoms with Gasteiger partial charge in [0.25, 0.3) is 0 Å². The summed E-state index contributed by atoms with van der Waals surface area (Å²) in [6.45, 7) is 2.48. The van der Waals surface area contributed by atoms with Crippen molar-refractivity contribution < 1.29 is 9.53 Å². The zero-order chi connectivity index (χ0) is 9.52. The van der Waals surface area contributed by atoms with Crippen molar-refractivity contribution in [1.82, 2.24) is 5.32 Å². The Labute approximate surface area is 77.7 Å². The van der Waals surface area contributed by atoms with Crippen LogP contribution in [0.1, 0.15) is 13.3 Å². The van der Waals surface area contributed by atoms with Crippen LogP contribution >= 0.6 is 0 Å². The van der Waals surface area contributed by atoms with Crippen LogP contribution in [-0.4, -0.2) is 12.6 Å². The Balaban J connectivity index is 2.37. The van der Waals surface area contributed by atoms with Crippen LogP contribution in [0.3, 0.4) is 0 Å². The van der Waals surface area contributed by atoms with Gasteiger partial charge in [-0.1, -0.05) is 25.1 Å².